The van der Waals surface area contributed by atoms with Crippen LogP contribution in [0.1, 0.15) is 10.5 Å². The van der Waals surface area contributed by atoms with Crippen molar-refractivity contribution < 1.29 is 4.79 Å². The SMILES string of the molecule is CN(C)C=CC(=O)c1nn(-c2cncc3ccccc23)ccc1=O. The van der Waals surface area contributed by atoms with Gasteiger partial charge in [0.05, 0.1) is 11.9 Å². The molecule has 3 rings (SSSR count). The molecule has 6 nitrogen and oxygen atoms in total. The van der Waals surface area contributed by atoms with E-state index in [4.69, 9.17) is 0 Å². The summed E-state index contributed by atoms with van der Waals surface area (Å²) in [7, 11) is 3.59. The number of hydrogen-bond donors (Lipinski definition) is 0. The Bertz CT molecular complexity index is 984. The predicted molar refractivity (Wildman–Crippen MR) is 92.3 cm³/mol. The second-order valence-corrected chi connectivity index (χ2v) is 5.50. The fourth-order valence-electron chi connectivity index (χ4n) is 2.29. The van der Waals surface area contributed by atoms with Gasteiger partial charge in [-0.25, -0.2) is 4.68 Å². The Kier molecular flexibility index (Phi) is 4.20. The van der Waals surface area contributed by atoms with E-state index >= 15 is 0 Å². The van der Waals surface area contributed by atoms with E-state index in [1.807, 2.05) is 24.3 Å². The number of benzene rings is 1. The molecule has 0 atom stereocenters. The van der Waals surface area contributed by atoms with Crippen molar-refractivity contribution in [3.05, 3.63) is 77.1 Å². The summed E-state index contributed by atoms with van der Waals surface area (Å²) in [6.07, 6.45) is 7.87. The molecule has 2 aromatic heterocycles. The van der Waals surface area contributed by atoms with Gasteiger partial charge in [-0.1, -0.05) is 24.3 Å². The van der Waals surface area contributed by atoms with Crippen LogP contribution < -0.4 is 5.43 Å². The average molecular weight is 320 g/mol. The van der Waals surface area contributed by atoms with Crippen molar-refractivity contribution in [2.45, 2.75) is 0 Å². The Morgan fingerprint density at radius 2 is 1.96 bits per heavy atom. The molecule has 1 aromatic carbocycles. The number of allylic oxidation sites excluding steroid dienone is 1. The van der Waals surface area contributed by atoms with Crippen LogP contribution in [-0.2, 0) is 0 Å². The maximum Gasteiger partial charge on any atom is 0.211 e. The molecule has 6 heteroatoms. The summed E-state index contributed by atoms with van der Waals surface area (Å²) in [5.41, 5.74) is 0.176. The molecule has 0 amide bonds. The number of rotatable bonds is 4. The molecule has 24 heavy (non-hydrogen) atoms. The fraction of sp³-hybridized carbons (Fsp3) is 0.111. The van der Waals surface area contributed by atoms with Crippen LogP contribution in [0.5, 0.6) is 0 Å². The highest BCUT2D eigenvalue weighted by Gasteiger charge is 2.12. The first-order chi connectivity index (χ1) is 11.6. The van der Waals surface area contributed by atoms with Gasteiger partial charge in [-0.3, -0.25) is 14.6 Å². The smallest absolute Gasteiger partial charge is 0.211 e. The predicted octanol–water partition coefficient (Wildman–Crippen LogP) is 2.04. The number of fused-ring (bicyclic) bond motifs is 1. The number of ketones is 1. The Hall–Kier alpha value is -3.28. The minimum Gasteiger partial charge on any atom is -0.383 e. The maximum atomic E-state index is 12.2. The number of hydrogen-bond acceptors (Lipinski definition) is 5. The molecule has 2 heterocycles. The summed E-state index contributed by atoms with van der Waals surface area (Å²) >= 11 is 0. The Morgan fingerprint density at radius 3 is 2.75 bits per heavy atom. The Morgan fingerprint density at radius 1 is 1.17 bits per heavy atom. The van der Waals surface area contributed by atoms with E-state index in [1.54, 1.807) is 37.6 Å². The van der Waals surface area contributed by atoms with Gasteiger partial charge in [0.15, 0.2) is 5.69 Å². The highest BCUT2D eigenvalue weighted by atomic mass is 16.1. The van der Waals surface area contributed by atoms with Crippen LogP contribution >= 0.6 is 0 Å². The third-order valence-electron chi connectivity index (χ3n) is 3.46. The Balaban J connectivity index is 2.11. The van der Waals surface area contributed by atoms with Gasteiger partial charge in [-0.2, -0.15) is 5.10 Å². The van der Waals surface area contributed by atoms with E-state index in [0.717, 1.165) is 10.8 Å². The zero-order valence-electron chi connectivity index (χ0n) is 13.4. The van der Waals surface area contributed by atoms with E-state index < -0.39 is 11.2 Å². The second kappa shape index (κ2) is 6.45. The van der Waals surface area contributed by atoms with Crippen molar-refractivity contribution >= 4 is 16.6 Å². The fourth-order valence-corrected chi connectivity index (χ4v) is 2.29. The molecular formula is C18H16N4O2. The van der Waals surface area contributed by atoms with Crippen molar-refractivity contribution in [3.63, 3.8) is 0 Å². The van der Waals surface area contributed by atoms with E-state index in [9.17, 15) is 9.59 Å². The van der Waals surface area contributed by atoms with Crippen LogP contribution in [-0.4, -0.2) is 39.5 Å². The topological polar surface area (TPSA) is 68.1 Å². The highest BCUT2D eigenvalue weighted by molar-refractivity contribution is 6.02. The third-order valence-corrected chi connectivity index (χ3v) is 3.46. The largest absolute Gasteiger partial charge is 0.383 e. The first-order valence-electron chi connectivity index (χ1n) is 7.38. The van der Waals surface area contributed by atoms with Crippen LogP contribution in [0.4, 0.5) is 0 Å². The van der Waals surface area contributed by atoms with Gasteiger partial charge in [0.1, 0.15) is 0 Å². The van der Waals surface area contributed by atoms with Crippen LogP contribution in [0.15, 0.2) is 66.0 Å². The zero-order chi connectivity index (χ0) is 17.1. The standard InChI is InChI=1S/C18H16N4O2/c1-21(2)9-7-16(23)18-17(24)8-10-22(20-18)15-12-19-11-13-5-3-4-6-14(13)15/h3-12H,1-2H3. The van der Waals surface area contributed by atoms with Crippen LogP contribution in [0, 0.1) is 0 Å². The summed E-state index contributed by atoms with van der Waals surface area (Å²) in [6, 6.07) is 9.07. The normalized spacial score (nSPS) is 11.1. The minimum atomic E-state index is -0.434. The van der Waals surface area contributed by atoms with E-state index in [-0.39, 0.29) is 5.69 Å². The number of carbonyl (C=O) groups excluding carboxylic acids is 1. The van der Waals surface area contributed by atoms with Crippen molar-refractivity contribution in [1.82, 2.24) is 19.7 Å². The summed E-state index contributed by atoms with van der Waals surface area (Å²) in [4.78, 5) is 30.1. The molecule has 0 fully saturated rings. The lowest BCUT2D eigenvalue weighted by Gasteiger charge is -2.09. The van der Waals surface area contributed by atoms with Gasteiger partial charge in [0.2, 0.25) is 11.2 Å². The third kappa shape index (κ3) is 3.08. The molecule has 0 saturated carbocycles. The molecule has 0 aliphatic heterocycles. The van der Waals surface area contributed by atoms with Gasteiger partial charge >= 0.3 is 0 Å². The molecule has 0 unspecified atom stereocenters. The molecule has 120 valence electrons. The lowest BCUT2D eigenvalue weighted by Crippen LogP contribution is -2.20. The van der Waals surface area contributed by atoms with Crippen molar-refractivity contribution in [3.8, 4) is 5.69 Å². The molecule has 0 aliphatic carbocycles. The number of pyridine rings is 1. The lowest BCUT2D eigenvalue weighted by molar-refractivity contribution is 0.103. The maximum absolute atomic E-state index is 12.2. The van der Waals surface area contributed by atoms with Crippen LogP contribution in [0.25, 0.3) is 16.5 Å². The molecule has 0 aliphatic rings. The molecule has 0 N–H and O–H groups in total. The zero-order valence-corrected chi connectivity index (χ0v) is 13.4. The van der Waals surface area contributed by atoms with E-state index in [0.29, 0.717) is 5.69 Å². The molecule has 0 radical (unpaired) electrons. The minimum absolute atomic E-state index is 0.122. The van der Waals surface area contributed by atoms with Gasteiger partial charge < -0.3 is 4.90 Å². The molecule has 3 aromatic rings. The summed E-state index contributed by atoms with van der Waals surface area (Å²) in [5.74, 6) is -0.434. The second-order valence-electron chi connectivity index (χ2n) is 5.50. The number of nitrogens with zero attached hydrogens (tertiary/aromatic N) is 4. The summed E-state index contributed by atoms with van der Waals surface area (Å²) in [5, 5.41) is 6.11. The van der Waals surface area contributed by atoms with Crippen LogP contribution in [0.2, 0.25) is 0 Å². The molecule has 0 bridgehead atoms. The summed E-state index contributed by atoms with van der Waals surface area (Å²) < 4.78 is 1.51. The van der Waals surface area contributed by atoms with E-state index in [2.05, 4.69) is 10.1 Å². The quantitative estimate of drug-likeness (QED) is 0.543. The average Bonchev–Trinajstić information content (AvgIpc) is 2.59. The van der Waals surface area contributed by atoms with Crippen LogP contribution in [0.3, 0.4) is 0 Å². The number of carbonyl (C=O) groups is 1. The van der Waals surface area contributed by atoms with Gasteiger partial charge in [-0.05, 0) is 0 Å². The Labute approximate surface area is 138 Å². The van der Waals surface area contributed by atoms with Gasteiger partial charge in [0.25, 0.3) is 0 Å². The van der Waals surface area contributed by atoms with Gasteiger partial charge in [-0.15, -0.1) is 0 Å². The van der Waals surface area contributed by atoms with Gasteiger partial charge in [0, 0.05) is 55.6 Å². The van der Waals surface area contributed by atoms with Crippen molar-refractivity contribution in [2.24, 2.45) is 0 Å². The molecular weight excluding hydrogens is 304 g/mol. The molecule has 0 saturated heterocycles. The number of aromatic nitrogens is 3. The lowest BCUT2D eigenvalue weighted by atomic mass is 10.1. The summed E-state index contributed by atoms with van der Waals surface area (Å²) in [6.45, 7) is 0. The van der Waals surface area contributed by atoms with Crippen molar-refractivity contribution in [1.29, 1.82) is 0 Å². The van der Waals surface area contributed by atoms with Crippen molar-refractivity contribution in [2.75, 3.05) is 14.1 Å². The first kappa shape index (κ1) is 15.6. The monoisotopic (exact) mass is 320 g/mol. The highest BCUT2D eigenvalue weighted by Crippen LogP contribution is 2.19. The first-order valence-corrected chi connectivity index (χ1v) is 7.38. The van der Waals surface area contributed by atoms with E-state index in [1.165, 1.54) is 23.0 Å². The molecule has 0 spiro atoms.